The third-order valence-corrected chi connectivity index (χ3v) is 2.87. The molecule has 0 amide bonds. The van der Waals surface area contributed by atoms with Crippen LogP contribution in [0.5, 0.6) is 0 Å². The Labute approximate surface area is 102 Å². The highest BCUT2D eigenvalue weighted by Crippen LogP contribution is 2.27. The average molecular weight is 226 g/mol. The Kier molecular flexibility index (Phi) is 3.33. The number of unbranched alkanes of at least 4 members (excludes halogenated alkanes) is 1. The SMILES string of the molecule is CCC/C=C\c1ccc2ccc(N)cc2c1N. The Balaban J connectivity index is 2.49. The van der Waals surface area contributed by atoms with Crippen LogP contribution in [0.25, 0.3) is 16.8 Å². The minimum absolute atomic E-state index is 0.749. The zero-order chi connectivity index (χ0) is 12.3. The molecule has 0 fully saturated rings. The second-order valence-corrected chi connectivity index (χ2v) is 4.24. The molecule has 0 radical (unpaired) electrons. The van der Waals surface area contributed by atoms with Gasteiger partial charge in [-0.15, -0.1) is 0 Å². The van der Waals surface area contributed by atoms with Gasteiger partial charge in [0.2, 0.25) is 0 Å². The van der Waals surface area contributed by atoms with E-state index in [0.29, 0.717) is 0 Å². The van der Waals surface area contributed by atoms with Crippen molar-refractivity contribution in [3.05, 3.63) is 42.0 Å². The lowest BCUT2D eigenvalue weighted by Gasteiger charge is -2.06. The van der Waals surface area contributed by atoms with E-state index in [1.165, 1.54) is 0 Å². The predicted molar refractivity (Wildman–Crippen MR) is 76.7 cm³/mol. The molecule has 2 rings (SSSR count). The number of nitrogens with two attached hydrogens (primary N) is 2. The standard InChI is InChI=1S/C15H18N2/c1-2-3-4-5-12-7-6-11-8-9-13(16)10-14(11)15(12)17/h4-10H,2-3,16-17H2,1H3/b5-4-. The van der Waals surface area contributed by atoms with E-state index in [1.807, 2.05) is 18.2 Å². The van der Waals surface area contributed by atoms with E-state index in [-0.39, 0.29) is 0 Å². The van der Waals surface area contributed by atoms with E-state index in [4.69, 9.17) is 11.5 Å². The van der Waals surface area contributed by atoms with Gasteiger partial charge in [0.1, 0.15) is 0 Å². The monoisotopic (exact) mass is 226 g/mol. The summed E-state index contributed by atoms with van der Waals surface area (Å²) in [5.41, 5.74) is 14.6. The van der Waals surface area contributed by atoms with Crippen LogP contribution in [-0.4, -0.2) is 0 Å². The lowest BCUT2D eigenvalue weighted by Crippen LogP contribution is -1.92. The van der Waals surface area contributed by atoms with Crippen molar-refractivity contribution < 1.29 is 0 Å². The maximum absolute atomic E-state index is 6.16. The first-order valence-corrected chi connectivity index (χ1v) is 5.96. The summed E-state index contributed by atoms with van der Waals surface area (Å²) in [7, 11) is 0. The molecule has 0 aliphatic carbocycles. The molecule has 0 atom stereocenters. The normalized spacial score (nSPS) is 11.4. The summed E-state index contributed by atoms with van der Waals surface area (Å²) in [5.74, 6) is 0. The maximum atomic E-state index is 6.16. The van der Waals surface area contributed by atoms with Crippen LogP contribution in [0.2, 0.25) is 0 Å². The van der Waals surface area contributed by atoms with Gasteiger partial charge in [0, 0.05) is 16.8 Å². The summed E-state index contributed by atoms with van der Waals surface area (Å²) in [5, 5.41) is 2.16. The summed E-state index contributed by atoms with van der Waals surface area (Å²) < 4.78 is 0. The van der Waals surface area contributed by atoms with E-state index < -0.39 is 0 Å². The second kappa shape index (κ2) is 4.91. The molecule has 2 aromatic carbocycles. The fraction of sp³-hybridized carbons (Fsp3) is 0.200. The minimum atomic E-state index is 0.749. The number of nitrogen functional groups attached to an aromatic ring is 2. The number of rotatable bonds is 3. The van der Waals surface area contributed by atoms with E-state index in [2.05, 4.69) is 31.2 Å². The third-order valence-electron chi connectivity index (χ3n) is 2.87. The van der Waals surface area contributed by atoms with Crippen LogP contribution in [0, 0.1) is 0 Å². The summed E-state index contributed by atoms with van der Waals surface area (Å²) in [4.78, 5) is 0. The second-order valence-electron chi connectivity index (χ2n) is 4.24. The molecule has 0 spiro atoms. The summed E-state index contributed by atoms with van der Waals surface area (Å²) in [6.45, 7) is 2.16. The number of hydrogen-bond donors (Lipinski definition) is 2. The van der Waals surface area contributed by atoms with Crippen LogP contribution >= 0.6 is 0 Å². The molecule has 4 N–H and O–H groups in total. The fourth-order valence-corrected chi connectivity index (χ4v) is 1.90. The molecule has 0 aliphatic heterocycles. The van der Waals surface area contributed by atoms with Crippen molar-refractivity contribution in [1.29, 1.82) is 0 Å². The Morgan fingerprint density at radius 3 is 2.65 bits per heavy atom. The molecule has 2 aromatic rings. The average Bonchev–Trinajstić information content (AvgIpc) is 2.33. The first kappa shape index (κ1) is 11.5. The summed E-state index contributed by atoms with van der Waals surface area (Å²) >= 11 is 0. The van der Waals surface area contributed by atoms with Gasteiger partial charge in [0.05, 0.1) is 0 Å². The highest BCUT2D eigenvalue weighted by molar-refractivity contribution is 5.98. The summed E-state index contributed by atoms with van der Waals surface area (Å²) in [6, 6.07) is 9.97. The lowest BCUT2D eigenvalue weighted by atomic mass is 10.0. The van der Waals surface area contributed by atoms with E-state index in [0.717, 1.165) is 40.6 Å². The molecular formula is C15H18N2. The molecule has 0 aromatic heterocycles. The first-order valence-electron chi connectivity index (χ1n) is 5.96. The number of allylic oxidation sites excluding steroid dienone is 1. The van der Waals surface area contributed by atoms with E-state index in [1.54, 1.807) is 0 Å². The number of benzene rings is 2. The van der Waals surface area contributed by atoms with Crippen molar-refractivity contribution in [2.24, 2.45) is 0 Å². The van der Waals surface area contributed by atoms with Crippen molar-refractivity contribution >= 4 is 28.2 Å². The smallest absolute Gasteiger partial charge is 0.0467 e. The van der Waals surface area contributed by atoms with Crippen molar-refractivity contribution in [3.8, 4) is 0 Å². The number of anilines is 2. The molecule has 0 unspecified atom stereocenters. The van der Waals surface area contributed by atoms with Crippen molar-refractivity contribution in [2.75, 3.05) is 11.5 Å². The lowest BCUT2D eigenvalue weighted by molar-refractivity contribution is 0.962. The highest BCUT2D eigenvalue weighted by Gasteiger charge is 2.02. The molecule has 17 heavy (non-hydrogen) atoms. The van der Waals surface area contributed by atoms with Crippen LogP contribution in [0.3, 0.4) is 0 Å². The van der Waals surface area contributed by atoms with Crippen LogP contribution in [0.4, 0.5) is 11.4 Å². The van der Waals surface area contributed by atoms with Crippen molar-refractivity contribution in [3.63, 3.8) is 0 Å². The van der Waals surface area contributed by atoms with Gasteiger partial charge in [-0.3, -0.25) is 0 Å². The van der Waals surface area contributed by atoms with Crippen molar-refractivity contribution in [2.45, 2.75) is 19.8 Å². The quantitative estimate of drug-likeness (QED) is 0.782. The molecule has 88 valence electrons. The molecule has 2 heteroatoms. The van der Waals surface area contributed by atoms with Gasteiger partial charge in [-0.05, 0) is 29.5 Å². The Morgan fingerprint density at radius 2 is 1.88 bits per heavy atom. The fourth-order valence-electron chi connectivity index (χ4n) is 1.90. The van der Waals surface area contributed by atoms with Gasteiger partial charge >= 0.3 is 0 Å². The van der Waals surface area contributed by atoms with Gasteiger partial charge in [0.15, 0.2) is 0 Å². The molecule has 0 aliphatic rings. The van der Waals surface area contributed by atoms with Gasteiger partial charge in [-0.1, -0.05) is 43.7 Å². The van der Waals surface area contributed by atoms with Crippen LogP contribution in [0.1, 0.15) is 25.3 Å². The molecule has 0 heterocycles. The summed E-state index contributed by atoms with van der Waals surface area (Å²) in [6.07, 6.45) is 6.47. The zero-order valence-electron chi connectivity index (χ0n) is 10.1. The zero-order valence-corrected chi connectivity index (χ0v) is 10.1. The van der Waals surface area contributed by atoms with Crippen LogP contribution in [0.15, 0.2) is 36.4 Å². The highest BCUT2D eigenvalue weighted by atomic mass is 14.6. The number of hydrogen-bond acceptors (Lipinski definition) is 2. The largest absolute Gasteiger partial charge is 0.399 e. The van der Waals surface area contributed by atoms with Gasteiger partial charge in [0.25, 0.3) is 0 Å². The predicted octanol–water partition coefficient (Wildman–Crippen LogP) is 3.82. The van der Waals surface area contributed by atoms with Crippen LogP contribution in [-0.2, 0) is 0 Å². The minimum Gasteiger partial charge on any atom is -0.399 e. The Bertz CT molecular complexity index is 556. The number of fused-ring (bicyclic) bond motifs is 1. The molecule has 0 saturated carbocycles. The molecular weight excluding hydrogens is 208 g/mol. The maximum Gasteiger partial charge on any atom is 0.0467 e. The van der Waals surface area contributed by atoms with E-state index in [9.17, 15) is 0 Å². The Hall–Kier alpha value is -1.96. The third kappa shape index (κ3) is 2.41. The first-order chi connectivity index (χ1) is 8.22. The van der Waals surface area contributed by atoms with Gasteiger partial charge in [-0.25, -0.2) is 0 Å². The van der Waals surface area contributed by atoms with Gasteiger partial charge < -0.3 is 11.5 Å². The molecule has 0 saturated heterocycles. The molecule has 2 nitrogen and oxygen atoms in total. The Morgan fingerprint density at radius 1 is 1.12 bits per heavy atom. The molecule has 0 bridgehead atoms. The van der Waals surface area contributed by atoms with Gasteiger partial charge in [-0.2, -0.15) is 0 Å². The van der Waals surface area contributed by atoms with Crippen LogP contribution < -0.4 is 11.5 Å². The van der Waals surface area contributed by atoms with Crippen molar-refractivity contribution in [1.82, 2.24) is 0 Å². The van der Waals surface area contributed by atoms with E-state index >= 15 is 0 Å². The topological polar surface area (TPSA) is 52.0 Å².